The number of nitrogens with one attached hydrogen (secondary N) is 1. The number of nitrogens with zero attached hydrogens (tertiary/aromatic N) is 1. The van der Waals surface area contributed by atoms with Gasteiger partial charge in [-0.25, -0.2) is 0 Å². The van der Waals surface area contributed by atoms with Gasteiger partial charge in [0.15, 0.2) is 0 Å². The SMILES string of the molecule is NCCCC#CC1=CCCC2=C1C(=O)N(C1CCC(=O)NC1=O)C2=O. The van der Waals surface area contributed by atoms with Crippen LogP contribution in [-0.2, 0) is 19.2 Å². The maximum atomic E-state index is 12.8. The molecule has 1 aliphatic carbocycles. The zero-order chi connectivity index (χ0) is 18.0. The largest absolute Gasteiger partial charge is 0.330 e. The van der Waals surface area contributed by atoms with Crippen molar-refractivity contribution in [2.75, 3.05) is 6.54 Å². The van der Waals surface area contributed by atoms with E-state index in [1.807, 2.05) is 6.08 Å². The van der Waals surface area contributed by atoms with E-state index in [1.165, 1.54) is 0 Å². The van der Waals surface area contributed by atoms with E-state index in [9.17, 15) is 19.2 Å². The third kappa shape index (κ3) is 3.13. The normalized spacial score (nSPS) is 23.2. The van der Waals surface area contributed by atoms with E-state index in [4.69, 9.17) is 5.73 Å². The molecular formula is C18H19N3O4. The Morgan fingerprint density at radius 1 is 1.20 bits per heavy atom. The molecule has 7 heteroatoms. The van der Waals surface area contributed by atoms with E-state index in [-0.39, 0.29) is 18.7 Å². The maximum Gasteiger partial charge on any atom is 0.263 e. The molecule has 130 valence electrons. The minimum Gasteiger partial charge on any atom is -0.330 e. The molecule has 7 nitrogen and oxygen atoms in total. The van der Waals surface area contributed by atoms with E-state index >= 15 is 0 Å². The number of allylic oxidation sites excluding steroid dienone is 1. The number of amides is 4. The average molecular weight is 341 g/mol. The third-order valence-electron chi connectivity index (χ3n) is 4.47. The van der Waals surface area contributed by atoms with E-state index in [0.29, 0.717) is 42.5 Å². The van der Waals surface area contributed by atoms with Gasteiger partial charge in [-0.15, -0.1) is 0 Å². The highest BCUT2D eigenvalue weighted by Gasteiger charge is 2.47. The molecule has 2 heterocycles. The minimum absolute atomic E-state index is 0.111. The van der Waals surface area contributed by atoms with E-state index in [0.717, 1.165) is 11.3 Å². The molecule has 25 heavy (non-hydrogen) atoms. The molecule has 0 saturated carbocycles. The second-order valence-electron chi connectivity index (χ2n) is 6.15. The summed E-state index contributed by atoms with van der Waals surface area (Å²) in [7, 11) is 0. The smallest absolute Gasteiger partial charge is 0.263 e. The number of hydrogen-bond acceptors (Lipinski definition) is 5. The van der Waals surface area contributed by atoms with Crippen molar-refractivity contribution in [3.05, 3.63) is 22.8 Å². The highest BCUT2D eigenvalue weighted by molar-refractivity contribution is 6.24. The van der Waals surface area contributed by atoms with Gasteiger partial charge in [0.1, 0.15) is 6.04 Å². The van der Waals surface area contributed by atoms with Crippen LogP contribution in [0.15, 0.2) is 22.8 Å². The fraction of sp³-hybridized carbons (Fsp3) is 0.444. The molecule has 3 aliphatic rings. The molecule has 0 aromatic rings. The average Bonchev–Trinajstić information content (AvgIpc) is 2.84. The predicted molar refractivity (Wildman–Crippen MR) is 88.4 cm³/mol. The second-order valence-corrected chi connectivity index (χ2v) is 6.15. The van der Waals surface area contributed by atoms with Crippen molar-refractivity contribution in [2.45, 2.75) is 44.6 Å². The van der Waals surface area contributed by atoms with E-state index < -0.39 is 23.8 Å². The number of hydrogen-bond donors (Lipinski definition) is 2. The van der Waals surface area contributed by atoms with Crippen molar-refractivity contribution in [3.63, 3.8) is 0 Å². The Labute approximate surface area is 145 Å². The standard InChI is InChI=1S/C18H19N3O4/c19-10-3-1-2-5-11-6-4-7-12-15(11)18(25)21(17(12)24)13-8-9-14(22)20-16(13)23/h6,13H,1,3-4,7-10,19H2,(H,20,22,23). The minimum atomic E-state index is -0.935. The molecule has 1 atom stereocenters. The lowest BCUT2D eigenvalue weighted by atomic mass is 9.92. The first-order valence-electron chi connectivity index (χ1n) is 8.38. The second kappa shape index (κ2) is 7.03. The quantitative estimate of drug-likeness (QED) is 0.424. The lowest BCUT2D eigenvalue weighted by Gasteiger charge is -2.28. The van der Waals surface area contributed by atoms with Crippen molar-refractivity contribution in [2.24, 2.45) is 5.73 Å². The Morgan fingerprint density at radius 3 is 2.72 bits per heavy atom. The lowest BCUT2D eigenvalue weighted by Crippen LogP contribution is -2.54. The monoisotopic (exact) mass is 341 g/mol. The van der Waals surface area contributed by atoms with Crippen LogP contribution in [0.25, 0.3) is 0 Å². The van der Waals surface area contributed by atoms with Gasteiger partial charge in [-0.1, -0.05) is 17.9 Å². The Balaban J connectivity index is 1.85. The van der Waals surface area contributed by atoms with Crippen molar-refractivity contribution < 1.29 is 19.2 Å². The molecule has 4 amide bonds. The van der Waals surface area contributed by atoms with Gasteiger partial charge in [0.2, 0.25) is 11.8 Å². The Kier molecular flexibility index (Phi) is 4.81. The number of carbonyl (C=O) groups is 4. The van der Waals surface area contributed by atoms with Crippen LogP contribution >= 0.6 is 0 Å². The number of nitrogens with two attached hydrogens (primary N) is 1. The molecule has 0 spiro atoms. The van der Waals surface area contributed by atoms with Crippen LogP contribution in [0.5, 0.6) is 0 Å². The van der Waals surface area contributed by atoms with Crippen LogP contribution < -0.4 is 11.1 Å². The molecule has 1 fully saturated rings. The first-order valence-corrected chi connectivity index (χ1v) is 8.38. The molecule has 2 aliphatic heterocycles. The zero-order valence-electron chi connectivity index (χ0n) is 13.8. The molecule has 1 unspecified atom stereocenters. The van der Waals surface area contributed by atoms with Crippen LogP contribution in [0.3, 0.4) is 0 Å². The highest BCUT2D eigenvalue weighted by Crippen LogP contribution is 2.35. The molecular weight excluding hydrogens is 322 g/mol. The summed E-state index contributed by atoms with van der Waals surface area (Å²) in [5.41, 5.74) is 6.71. The van der Waals surface area contributed by atoms with Gasteiger partial charge < -0.3 is 5.73 Å². The zero-order valence-corrected chi connectivity index (χ0v) is 13.8. The van der Waals surface area contributed by atoms with Crippen molar-refractivity contribution in [3.8, 4) is 11.8 Å². The summed E-state index contributed by atoms with van der Waals surface area (Å²) < 4.78 is 0. The summed E-state index contributed by atoms with van der Waals surface area (Å²) in [4.78, 5) is 49.9. The van der Waals surface area contributed by atoms with Crippen LogP contribution in [0.2, 0.25) is 0 Å². The predicted octanol–water partition coefficient (Wildman–Crippen LogP) is -0.0805. The first kappa shape index (κ1) is 17.1. The van der Waals surface area contributed by atoms with Gasteiger partial charge in [0, 0.05) is 24.0 Å². The van der Waals surface area contributed by atoms with Crippen LogP contribution in [0, 0.1) is 11.8 Å². The number of imide groups is 2. The van der Waals surface area contributed by atoms with E-state index in [1.54, 1.807) is 0 Å². The molecule has 1 saturated heterocycles. The Bertz CT molecular complexity index is 782. The fourth-order valence-electron chi connectivity index (χ4n) is 3.24. The molecule has 0 aromatic heterocycles. The summed E-state index contributed by atoms with van der Waals surface area (Å²) in [6.45, 7) is 0.544. The van der Waals surface area contributed by atoms with E-state index in [2.05, 4.69) is 17.2 Å². The summed E-state index contributed by atoms with van der Waals surface area (Å²) in [5, 5.41) is 2.19. The number of unbranched alkanes of at least 4 members (excludes halogenated alkanes) is 1. The first-order chi connectivity index (χ1) is 12.0. The maximum absolute atomic E-state index is 12.8. The topological polar surface area (TPSA) is 110 Å². The fourth-order valence-corrected chi connectivity index (χ4v) is 3.24. The Morgan fingerprint density at radius 2 is 2.00 bits per heavy atom. The molecule has 0 aromatic carbocycles. The molecule has 3 N–H and O–H groups in total. The van der Waals surface area contributed by atoms with Gasteiger partial charge in [0.05, 0.1) is 5.57 Å². The summed E-state index contributed by atoms with van der Waals surface area (Å²) >= 11 is 0. The molecule has 0 bridgehead atoms. The van der Waals surface area contributed by atoms with Crippen LogP contribution in [0.1, 0.15) is 38.5 Å². The summed E-state index contributed by atoms with van der Waals surface area (Å²) in [5.74, 6) is 4.02. The van der Waals surface area contributed by atoms with Gasteiger partial charge in [0.25, 0.3) is 11.8 Å². The number of piperidine rings is 1. The number of carbonyl (C=O) groups excluding carboxylic acids is 4. The summed E-state index contributed by atoms with van der Waals surface area (Å²) in [6, 6.07) is -0.935. The molecule has 3 rings (SSSR count). The number of rotatable bonds is 3. The third-order valence-corrected chi connectivity index (χ3v) is 4.47. The van der Waals surface area contributed by atoms with Crippen molar-refractivity contribution in [1.29, 1.82) is 0 Å². The van der Waals surface area contributed by atoms with Gasteiger partial charge in [-0.2, -0.15) is 0 Å². The van der Waals surface area contributed by atoms with Crippen molar-refractivity contribution >= 4 is 23.6 Å². The lowest BCUT2D eigenvalue weighted by molar-refractivity contribution is -0.150. The Hall–Kier alpha value is -2.72. The van der Waals surface area contributed by atoms with Gasteiger partial charge in [-0.05, 0) is 32.2 Å². The summed E-state index contributed by atoms with van der Waals surface area (Å²) in [6.07, 6.45) is 4.59. The van der Waals surface area contributed by atoms with Gasteiger partial charge >= 0.3 is 0 Å². The highest BCUT2D eigenvalue weighted by atomic mass is 16.2. The van der Waals surface area contributed by atoms with Crippen LogP contribution in [-0.4, -0.2) is 41.1 Å². The van der Waals surface area contributed by atoms with Crippen molar-refractivity contribution in [1.82, 2.24) is 10.2 Å². The molecule has 0 radical (unpaired) electrons. The van der Waals surface area contributed by atoms with Crippen LogP contribution in [0.4, 0.5) is 0 Å². The van der Waals surface area contributed by atoms with Gasteiger partial charge in [-0.3, -0.25) is 29.4 Å².